The van der Waals surface area contributed by atoms with E-state index in [1.165, 1.54) is 6.26 Å². The summed E-state index contributed by atoms with van der Waals surface area (Å²) in [6.45, 7) is 4.34. The fourth-order valence-electron chi connectivity index (χ4n) is 1.40. The average molecular weight is 287 g/mol. The molecule has 7 nitrogen and oxygen atoms in total. The highest BCUT2D eigenvalue weighted by Gasteiger charge is 2.12. The molecule has 19 heavy (non-hydrogen) atoms. The molecule has 0 aromatic carbocycles. The molecule has 108 valence electrons. The summed E-state index contributed by atoms with van der Waals surface area (Å²) in [4.78, 5) is 10.4. The number of aromatic nitrogens is 2. The Morgan fingerprint density at radius 1 is 1.42 bits per heavy atom. The molecule has 0 fully saturated rings. The number of nitrogens with zero attached hydrogens (tertiary/aromatic N) is 3. The Balaban J connectivity index is 2.95. The van der Waals surface area contributed by atoms with Crippen LogP contribution in [0.25, 0.3) is 0 Å². The van der Waals surface area contributed by atoms with Gasteiger partial charge in [0.05, 0.1) is 5.75 Å². The Labute approximate surface area is 114 Å². The summed E-state index contributed by atoms with van der Waals surface area (Å²) < 4.78 is 22.3. The Hall–Kier alpha value is -1.41. The zero-order chi connectivity index (χ0) is 14.6. The van der Waals surface area contributed by atoms with Crippen LogP contribution in [0.5, 0.6) is 0 Å². The van der Waals surface area contributed by atoms with Crippen LogP contribution in [0.4, 0.5) is 11.6 Å². The van der Waals surface area contributed by atoms with Crippen LogP contribution < -0.4 is 16.2 Å². The molecule has 0 radical (unpaired) electrons. The van der Waals surface area contributed by atoms with E-state index in [2.05, 4.69) is 15.4 Å². The van der Waals surface area contributed by atoms with Crippen molar-refractivity contribution in [1.82, 2.24) is 9.97 Å². The number of nitrogen functional groups attached to an aromatic ring is 1. The highest BCUT2D eigenvalue weighted by atomic mass is 32.2. The molecule has 1 rings (SSSR count). The Bertz CT molecular complexity index is 530. The molecule has 0 saturated heterocycles. The topological polar surface area (TPSA) is 101 Å². The number of nitrogens with two attached hydrogens (primary N) is 1. The third kappa shape index (κ3) is 4.99. The van der Waals surface area contributed by atoms with Crippen LogP contribution in [0, 0.1) is 0 Å². The molecule has 0 aliphatic rings. The molecule has 0 unspecified atom stereocenters. The first-order chi connectivity index (χ1) is 8.73. The Kier molecular flexibility index (Phi) is 5.07. The molecule has 3 N–H and O–H groups in total. The van der Waals surface area contributed by atoms with Gasteiger partial charge in [0.25, 0.3) is 0 Å². The van der Waals surface area contributed by atoms with Crippen molar-refractivity contribution in [3.63, 3.8) is 0 Å². The minimum atomic E-state index is -2.99. The average Bonchev–Trinajstić information content (AvgIpc) is 2.34. The van der Waals surface area contributed by atoms with E-state index in [1.807, 2.05) is 13.8 Å². The lowest BCUT2D eigenvalue weighted by Gasteiger charge is -2.19. The summed E-state index contributed by atoms with van der Waals surface area (Å²) >= 11 is 0. The van der Waals surface area contributed by atoms with Crippen molar-refractivity contribution in [2.75, 3.05) is 35.9 Å². The molecule has 1 aromatic heterocycles. The second-order valence-electron chi connectivity index (χ2n) is 4.82. The molecule has 8 heteroatoms. The monoisotopic (exact) mass is 287 g/mol. The van der Waals surface area contributed by atoms with Crippen LogP contribution in [0.1, 0.15) is 25.6 Å². The van der Waals surface area contributed by atoms with Crippen LogP contribution in [0.2, 0.25) is 0 Å². The van der Waals surface area contributed by atoms with Crippen molar-refractivity contribution in [2.45, 2.75) is 19.8 Å². The molecular formula is C11H21N5O2S. The molecule has 0 atom stereocenters. The predicted molar refractivity (Wildman–Crippen MR) is 76.9 cm³/mol. The van der Waals surface area contributed by atoms with E-state index in [0.717, 1.165) is 0 Å². The molecule has 0 aliphatic heterocycles. The highest BCUT2D eigenvalue weighted by Crippen LogP contribution is 2.18. The van der Waals surface area contributed by atoms with Gasteiger partial charge in [-0.15, -0.1) is 0 Å². The van der Waals surface area contributed by atoms with Crippen LogP contribution in [0.3, 0.4) is 0 Å². The standard InChI is InChI=1S/C11H21N5O2S/c1-8(2)11-13-9(15-12)7-10(14-11)16(3)5-6-19(4,17)18/h7-8H,5-6,12H2,1-4H3,(H,13,14,15). The second-order valence-corrected chi connectivity index (χ2v) is 7.08. The number of anilines is 2. The normalized spacial score (nSPS) is 11.7. The first kappa shape index (κ1) is 15.6. The van der Waals surface area contributed by atoms with Gasteiger partial charge in [0.2, 0.25) is 0 Å². The predicted octanol–water partition coefficient (Wildman–Crippen LogP) is 0.366. The van der Waals surface area contributed by atoms with E-state index in [4.69, 9.17) is 5.84 Å². The fourth-order valence-corrected chi connectivity index (χ4v) is 2.00. The maximum Gasteiger partial charge on any atom is 0.149 e. The van der Waals surface area contributed by atoms with Crippen molar-refractivity contribution in [2.24, 2.45) is 5.84 Å². The molecule has 0 amide bonds. The number of nitrogens with one attached hydrogen (secondary N) is 1. The van der Waals surface area contributed by atoms with Crippen molar-refractivity contribution >= 4 is 21.5 Å². The van der Waals surface area contributed by atoms with Gasteiger partial charge in [-0.05, 0) is 0 Å². The Morgan fingerprint density at radius 3 is 2.53 bits per heavy atom. The third-order valence-corrected chi connectivity index (χ3v) is 3.51. The van der Waals surface area contributed by atoms with Gasteiger partial charge >= 0.3 is 0 Å². The molecular weight excluding hydrogens is 266 g/mol. The number of hydrogen-bond donors (Lipinski definition) is 2. The largest absolute Gasteiger partial charge is 0.358 e. The molecule has 0 bridgehead atoms. The van der Waals surface area contributed by atoms with Gasteiger partial charge in [-0.1, -0.05) is 13.8 Å². The summed E-state index contributed by atoms with van der Waals surface area (Å²) in [6.07, 6.45) is 1.22. The Morgan fingerprint density at radius 2 is 2.05 bits per heavy atom. The van der Waals surface area contributed by atoms with E-state index in [9.17, 15) is 8.42 Å². The zero-order valence-corrected chi connectivity index (χ0v) is 12.5. The maximum absolute atomic E-state index is 11.2. The van der Waals surface area contributed by atoms with Gasteiger partial charge in [-0.25, -0.2) is 24.2 Å². The summed E-state index contributed by atoms with van der Waals surface area (Å²) in [5.41, 5.74) is 2.49. The van der Waals surface area contributed by atoms with Crippen LogP contribution in [-0.2, 0) is 9.84 Å². The lowest BCUT2D eigenvalue weighted by atomic mass is 10.2. The van der Waals surface area contributed by atoms with Gasteiger partial charge < -0.3 is 10.3 Å². The van der Waals surface area contributed by atoms with E-state index < -0.39 is 9.84 Å². The van der Waals surface area contributed by atoms with Gasteiger partial charge in [-0.2, -0.15) is 0 Å². The van der Waals surface area contributed by atoms with E-state index >= 15 is 0 Å². The highest BCUT2D eigenvalue weighted by molar-refractivity contribution is 7.90. The minimum absolute atomic E-state index is 0.0793. The van der Waals surface area contributed by atoms with E-state index in [1.54, 1.807) is 18.0 Å². The van der Waals surface area contributed by atoms with Gasteiger partial charge in [0.1, 0.15) is 27.3 Å². The van der Waals surface area contributed by atoms with Crippen molar-refractivity contribution in [3.8, 4) is 0 Å². The van der Waals surface area contributed by atoms with Gasteiger partial charge in [0, 0.05) is 31.8 Å². The summed E-state index contributed by atoms with van der Waals surface area (Å²) in [5.74, 6) is 7.44. The number of hydrogen-bond acceptors (Lipinski definition) is 7. The molecule has 0 saturated carbocycles. The van der Waals surface area contributed by atoms with Crippen LogP contribution in [-0.4, -0.2) is 44.0 Å². The number of hydrazine groups is 1. The number of rotatable bonds is 6. The summed E-state index contributed by atoms with van der Waals surface area (Å²) in [5, 5.41) is 0. The fraction of sp³-hybridized carbons (Fsp3) is 0.636. The van der Waals surface area contributed by atoms with Crippen molar-refractivity contribution < 1.29 is 8.42 Å². The van der Waals surface area contributed by atoms with E-state index in [-0.39, 0.29) is 11.7 Å². The second kappa shape index (κ2) is 6.16. The summed E-state index contributed by atoms with van der Waals surface area (Å²) in [7, 11) is -1.21. The molecule has 1 heterocycles. The lowest BCUT2D eigenvalue weighted by Crippen LogP contribution is -2.26. The van der Waals surface area contributed by atoms with Crippen molar-refractivity contribution in [3.05, 3.63) is 11.9 Å². The van der Waals surface area contributed by atoms with Crippen LogP contribution >= 0.6 is 0 Å². The quantitative estimate of drug-likeness (QED) is 0.575. The smallest absolute Gasteiger partial charge is 0.149 e. The third-order valence-electron chi connectivity index (χ3n) is 2.58. The van der Waals surface area contributed by atoms with Gasteiger partial charge in [0.15, 0.2) is 0 Å². The number of sulfone groups is 1. The lowest BCUT2D eigenvalue weighted by molar-refractivity contribution is 0.601. The van der Waals surface area contributed by atoms with Crippen LogP contribution in [0.15, 0.2) is 6.07 Å². The molecule has 1 aromatic rings. The summed E-state index contributed by atoms with van der Waals surface area (Å²) in [6, 6.07) is 1.69. The van der Waals surface area contributed by atoms with E-state index in [0.29, 0.717) is 24.0 Å². The first-order valence-corrected chi connectivity index (χ1v) is 8.03. The molecule has 0 aliphatic carbocycles. The van der Waals surface area contributed by atoms with Crippen molar-refractivity contribution in [1.29, 1.82) is 0 Å². The maximum atomic E-state index is 11.2. The first-order valence-electron chi connectivity index (χ1n) is 5.97. The molecule has 0 spiro atoms. The zero-order valence-electron chi connectivity index (χ0n) is 11.7. The van der Waals surface area contributed by atoms with Gasteiger partial charge in [-0.3, -0.25) is 0 Å². The SMILES string of the molecule is CC(C)c1nc(NN)cc(N(C)CCS(C)(=O)=O)n1. The minimum Gasteiger partial charge on any atom is -0.358 e.